The minimum Gasteiger partial charge on any atom is -0.478 e. The van der Waals surface area contributed by atoms with Crippen molar-refractivity contribution < 1.29 is 19.5 Å². The summed E-state index contributed by atoms with van der Waals surface area (Å²) in [6, 6.07) is 10.1. The van der Waals surface area contributed by atoms with Crippen LogP contribution in [-0.2, 0) is 0 Å². The van der Waals surface area contributed by atoms with Gasteiger partial charge in [-0.05, 0) is 35.1 Å². The number of nitrogens with zero attached hydrogens (tertiary/aromatic N) is 1. The van der Waals surface area contributed by atoms with E-state index in [1.807, 2.05) is 45.9 Å². The molecule has 0 atom stereocenters. The van der Waals surface area contributed by atoms with Crippen molar-refractivity contribution in [1.82, 2.24) is 0 Å². The van der Waals surface area contributed by atoms with Crippen LogP contribution < -0.4 is 4.90 Å². The van der Waals surface area contributed by atoms with Crippen molar-refractivity contribution in [3.8, 4) is 0 Å². The number of hydrogen-bond donors (Lipinski definition) is 1. The van der Waals surface area contributed by atoms with Crippen LogP contribution in [0.5, 0.6) is 0 Å². The topological polar surface area (TPSA) is 74.7 Å². The number of carboxylic acid groups (broad SMARTS) is 1. The van der Waals surface area contributed by atoms with E-state index in [1.54, 1.807) is 0 Å². The number of rotatable bonds is 4. The summed E-state index contributed by atoms with van der Waals surface area (Å²) in [4.78, 5) is 38.8. The molecular formula is C21H21NO4. The minimum absolute atomic E-state index is 0.0294. The molecule has 1 aliphatic heterocycles. The Balaban J connectivity index is 2.28. The van der Waals surface area contributed by atoms with Gasteiger partial charge in [0.05, 0.1) is 22.4 Å². The van der Waals surface area contributed by atoms with E-state index in [4.69, 9.17) is 0 Å². The van der Waals surface area contributed by atoms with Crippen LogP contribution in [0.3, 0.4) is 0 Å². The molecule has 1 N–H and O–H groups in total. The standard InChI is InChI=1S/C21H21NO4/c1-11(2)13-7-5-8-14(12(3)4)18(13)22-19(23)15-9-6-10-16(21(25)26)17(15)20(22)24/h5-12H,1-4H3,(H,25,26). The van der Waals surface area contributed by atoms with E-state index in [2.05, 4.69) is 0 Å². The van der Waals surface area contributed by atoms with Crippen LogP contribution in [0.15, 0.2) is 36.4 Å². The second-order valence-electron chi connectivity index (χ2n) is 7.07. The molecular weight excluding hydrogens is 330 g/mol. The van der Waals surface area contributed by atoms with Crippen molar-refractivity contribution in [2.24, 2.45) is 0 Å². The number of aromatic carboxylic acids is 1. The number of imide groups is 1. The highest BCUT2D eigenvalue weighted by atomic mass is 16.4. The van der Waals surface area contributed by atoms with Gasteiger partial charge in [0.1, 0.15) is 0 Å². The lowest BCUT2D eigenvalue weighted by atomic mass is 9.92. The number of amides is 2. The van der Waals surface area contributed by atoms with Crippen LogP contribution >= 0.6 is 0 Å². The first-order chi connectivity index (χ1) is 12.3. The van der Waals surface area contributed by atoms with Gasteiger partial charge in [0, 0.05) is 0 Å². The second-order valence-corrected chi connectivity index (χ2v) is 7.07. The molecule has 0 unspecified atom stereocenters. The van der Waals surface area contributed by atoms with Crippen molar-refractivity contribution in [3.63, 3.8) is 0 Å². The quantitative estimate of drug-likeness (QED) is 0.827. The highest BCUT2D eigenvalue weighted by molar-refractivity contribution is 6.36. The number of carbonyl (C=O) groups is 3. The van der Waals surface area contributed by atoms with Gasteiger partial charge in [-0.15, -0.1) is 0 Å². The number of benzene rings is 2. The van der Waals surface area contributed by atoms with Crippen molar-refractivity contribution in [3.05, 3.63) is 64.2 Å². The first-order valence-corrected chi connectivity index (χ1v) is 8.63. The Morgan fingerprint density at radius 2 is 1.42 bits per heavy atom. The fourth-order valence-electron chi connectivity index (χ4n) is 3.44. The van der Waals surface area contributed by atoms with Crippen LogP contribution in [0.25, 0.3) is 0 Å². The Hall–Kier alpha value is -2.95. The summed E-state index contributed by atoms with van der Waals surface area (Å²) in [5, 5.41) is 9.41. The molecule has 5 heteroatoms. The lowest BCUT2D eigenvalue weighted by molar-refractivity contribution is 0.0692. The van der Waals surface area contributed by atoms with Crippen LogP contribution in [-0.4, -0.2) is 22.9 Å². The number of carboxylic acids is 1. The smallest absolute Gasteiger partial charge is 0.336 e. The van der Waals surface area contributed by atoms with E-state index in [0.29, 0.717) is 5.69 Å². The second kappa shape index (κ2) is 6.41. The molecule has 0 saturated heterocycles. The average Bonchev–Trinajstić information content (AvgIpc) is 2.85. The van der Waals surface area contributed by atoms with Crippen LogP contribution in [0.1, 0.15) is 81.7 Å². The third kappa shape index (κ3) is 2.60. The molecule has 2 aromatic carbocycles. The van der Waals surface area contributed by atoms with Gasteiger partial charge >= 0.3 is 5.97 Å². The number of carbonyl (C=O) groups excluding carboxylic acids is 2. The lowest BCUT2D eigenvalue weighted by Gasteiger charge is -2.25. The number of hydrogen-bond acceptors (Lipinski definition) is 3. The monoisotopic (exact) mass is 351 g/mol. The molecule has 2 aromatic rings. The highest BCUT2D eigenvalue weighted by Crippen LogP contribution is 2.40. The van der Waals surface area contributed by atoms with E-state index in [-0.39, 0.29) is 28.5 Å². The van der Waals surface area contributed by atoms with E-state index < -0.39 is 17.8 Å². The normalized spacial score (nSPS) is 13.7. The zero-order valence-electron chi connectivity index (χ0n) is 15.2. The molecule has 26 heavy (non-hydrogen) atoms. The van der Waals surface area contributed by atoms with E-state index in [0.717, 1.165) is 16.0 Å². The zero-order valence-corrected chi connectivity index (χ0v) is 15.2. The fourth-order valence-corrected chi connectivity index (χ4v) is 3.44. The maximum Gasteiger partial charge on any atom is 0.336 e. The van der Waals surface area contributed by atoms with Crippen LogP contribution in [0.4, 0.5) is 5.69 Å². The largest absolute Gasteiger partial charge is 0.478 e. The molecule has 3 rings (SSSR count). The average molecular weight is 351 g/mol. The summed E-state index contributed by atoms with van der Waals surface area (Å²) in [5.41, 5.74) is 2.34. The highest BCUT2D eigenvalue weighted by Gasteiger charge is 2.41. The van der Waals surface area contributed by atoms with Crippen molar-refractivity contribution >= 4 is 23.5 Å². The van der Waals surface area contributed by atoms with Crippen molar-refractivity contribution in [2.75, 3.05) is 4.90 Å². The Bertz CT molecular complexity index is 901. The first-order valence-electron chi connectivity index (χ1n) is 8.63. The molecule has 0 bridgehead atoms. The molecule has 134 valence electrons. The van der Waals surface area contributed by atoms with Gasteiger partial charge in [-0.1, -0.05) is 52.0 Å². The van der Waals surface area contributed by atoms with Gasteiger partial charge < -0.3 is 5.11 Å². The van der Waals surface area contributed by atoms with Crippen molar-refractivity contribution in [2.45, 2.75) is 39.5 Å². The Morgan fingerprint density at radius 1 is 0.885 bits per heavy atom. The molecule has 0 spiro atoms. The summed E-state index contributed by atoms with van der Waals surface area (Å²) in [5.74, 6) is -2.05. The van der Waals surface area contributed by atoms with Gasteiger partial charge in [-0.3, -0.25) is 9.59 Å². The molecule has 0 aromatic heterocycles. The zero-order chi connectivity index (χ0) is 19.2. The minimum atomic E-state index is -1.22. The van der Waals surface area contributed by atoms with Gasteiger partial charge in [0.2, 0.25) is 0 Å². The molecule has 5 nitrogen and oxygen atoms in total. The summed E-state index contributed by atoms with van der Waals surface area (Å²) >= 11 is 0. The Morgan fingerprint density at radius 3 is 1.92 bits per heavy atom. The number of anilines is 1. The summed E-state index contributed by atoms with van der Waals surface area (Å²) in [6.07, 6.45) is 0. The van der Waals surface area contributed by atoms with Gasteiger partial charge in [-0.2, -0.15) is 0 Å². The van der Waals surface area contributed by atoms with Crippen LogP contribution in [0, 0.1) is 0 Å². The molecule has 0 fully saturated rings. The molecule has 0 radical (unpaired) electrons. The Kier molecular flexibility index (Phi) is 4.40. The molecule has 1 aliphatic rings. The molecule has 0 saturated carbocycles. The summed E-state index contributed by atoms with van der Waals surface area (Å²) in [6.45, 7) is 8.02. The summed E-state index contributed by atoms with van der Waals surface area (Å²) < 4.78 is 0. The molecule has 1 heterocycles. The maximum absolute atomic E-state index is 13.1. The predicted molar refractivity (Wildman–Crippen MR) is 99.2 cm³/mol. The Labute approximate surface area is 152 Å². The third-order valence-electron chi connectivity index (χ3n) is 4.71. The molecule has 2 amide bonds. The van der Waals surface area contributed by atoms with Crippen molar-refractivity contribution in [1.29, 1.82) is 0 Å². The van der Waals surface area contributed by atoms with Crippen LogP contribution in [0.2, 0.25) is 0 Å². The third-order valence-corrected chi connectivity index (χ3v) is 4.71. The first kappa shape index (κ1) is 17.9. The number of para-hydroxylation sites is 1. The van der Waals surface area contributed by atoms with E-state index in [1.165, 1.54) is 18.2 Å². The van der Waals surface area contributed by atoms with E-state index >= 15 is 0 Å². The van der Waals surface area contributed by atoms with Gasteiger partial charge in [0.15, 0.2) is 0 Å². The lowest BCUT2D eigenvalue weighted by Crippen LogP contribution is -2.32. The summed E-state index contributed by atoms with van der Waals surface area (Å²) in [7, 11) is 0. The SMILES string of the molecule is CC(C)c1cccc(C(C)C)c1N1C(=O)c2cccc(C(=O)O)c2C1=O. The predicted octanol–water partition coefficient (Wildman–Crippen LogP) is 4.43. The van der Waals surface area contributed by atoms with Gasteiger partial charge in [0.25, 0.3) is 11.8 Å². The molecule has 0 aliphatic carbocycles. The van der Waals surface area contributed by atoms with Gasteiger partial charge in [-0.25, -0.2) is 9.69 Å². The maximum atomic E-state index is 13.1. The fraction of sp³-hybridized carbons (Fsp3) is 0.286. The number of fused-ring (bicyclic) bond motifs is 1. The van der Waals surface area contributed by atoms with E-state index in [9.17, 15) is 19.5 Å².